The van der Waals surface area contributed by atoms with Crippen LogP contribution in [-0.4, -0.2) is 62.9 Å². The number of aliphatic carboxylic acids is 1. The first-order valence-corrected chi connectivity index (χ1v) is 9.72. The summed E-state index contributed by atoms with van der Waals surface area (Å²) in [7, 11) is -7.33. The van der Waals surface area contributed by atoms with Gasteiger partial charge in [-0.2, -0.15) is 17.4 Å². The number of carboxylic acid groups (broad SMARTS) is 1. The van der Waals surface area contributed by atoms with Crippen molar-refractivity contribution in [3.8, 4) is 0 Å². The molecule has 1 aliphatic rings. The maximum absolute atomic E-state index is 12.2. The molecule has 0 radical (unpaired) electrons. The van der Waals surface area contributed by atoms with Crippen molar-refractivity contribution in [1.82, 2.24) is 9.03 Å². The van der Waals surface area contributed by atoms with Gasteiger partial charge in [0.1, 0.15) is 15.9 Å². The molecule has 2 atom stereocenters. The van der Waals surface area contributed by atoms with Gasteiger partial charge in [-0.3, -0.25) is 4.79 Å². The standard InChI is InChI=1S/C10H20N2O6S2/c1-8(7-19(2,15)16)11-20(17,18)12-6-4-3-5-9(12)10(13)14/h8-9,11H,3-7H2,1-2H3,(H,13,14). The molecule has 10 heteroatoms. The van der Waals surface area contributed by atoms with E-state index in [-0.39, 0.29) is 18.7 Å². The number of piperidine rings is 1. The highest BCUT2D eigenvalue weighted by molar-refractivity contribution is 7.90. The van der Waals surface area contributed by atoms with E-state index in [1.54, 1.807) is 0 Å². The van der Waals surface area contributed by atoms with Gasteiger partial charge in [-0.05, 0) is 26.2 Å². The number of nitrogens with zero attached hydrogens (tertiary/aromatic N) is 1. The van der Waals surface area contributed by atoms with Gasteiger partial charge < -0.3 is 5.11 Å². The third-order valence-corrected chi connectivity index (χ3v) is 5.81. The molecule has 0 aliphatic carbocycles. The van der Waals surface area contributed by atoms with E-state index in [2.05, 4.69) is 4.72 Å². The first-order chi connectivity index (χ1) is 9.03. The van der Waals surface area contributed by atoms with Gasteiger partial charge >= 0.3 is 5.97 Å². The zero-order valence-electron chi connectivity index (χ0n) is 11.4. The van der Waals surface area contributed by atoms with Gasteiger partial charge in [0.15, 0.2) is 0 Å². The number of sulfone groups is 1. The second-order valence-corrected chi connectivity index (χ2v) is 8.92. The average Bonchev–Trinajstić information content (AvgIpc) is 2.25. The Bertz CT molecular complexity index is 556. The monoisotopic (exact) mass is 328 g/mol. The van der Waals surface area contributed by atoms with E-state index in [1.807, 2.05) is 0 Å². The van der Waals surface area contributed by atoms with E-state index >= 15 is 0 Å². The molecule has 8 nitrogen and oxygen atoms in total. The smallest absolute Gasteiger partial charge is 0.322 e. The van der Waals surface area contributed by atoms with Gasteiger partial charge in [0.2, 0.25) is 0 Å². The summed E-state index contributed by atoms with van der Waals surface area (Å²) in [5.74, 6) is -1.52. The number of hydrogen-bond donors (Lipinski definition) is 2. The highest BCUT2D eigenvalue weighted by atomic mass is 32.2. The van der Waals surface area contributed by atoms with Crippen LogP contribution in [0.25, 0.3) is 0 Å². The van der Waals surface area contributed by atoms with Crippen molar-refractivity contribution in [2.24, 2.45) is 0 Å². The lowest BCUT2D eigenvalue weighted by atomic mass is 10.1. The summed E-state index contributed by atoms with van der Waals surface area (Å²) in [6, 6.07) is -1.90. The summed E-state index contributed by atoms with van der Waals surface area (Å²) in [4.78, 5) is 11.1. The van der Waals surface area contributed by atoms with Crippen LogP contribution in [0.2, 0.25) is 0 Å². The Morgan fingerprint density at radius 1 is 1.35 bits per heavy atom. The van der Waals surface area contributed by atoms with Gasteiger partial charge in [0.05, 0.1) is 5.75 Å². The maximum atomic E-state index is 12.2. The molecule has 0 aromatic carbocycles. The lowest BCUT2D eigenvalue weighted by Crippen LogP contribution is -2.54. The number of carboxylic acids is 1. The maximum Gasteiger partial charge on any atom is 0.322 e. The molecule has 0 bridgehead atoms. The molecule has 2 unspecified atom stereocenters. The fourth-order valence-corrected chi connectivity index (χ4v) is 4.97. The van der Waals surface area contributed by atoms with E-state index in [4.69, 9.17) is 5.11 Å². The SMILES string of the molecule is CC(CS(C)(=O)=O)NS(=O)(=O)N1CCCCC1C(=O)O. The highest BCUT2D eigenvalue weighted by Gasteiger charge is 2.37. The quantitative estimate of drug-likeness (QED) is 0.658. The minimum Gasteiger partial charge on any atom is -0.480 e. The zero-order valence-corrected chi connectivity index (χ0v) is 13.1. The van der Waals surface area contributed by atoms with Crippen LogP contribution in [0.3, 0.4) is 0 Å². The van der Waals surface area contributed by atoms with Crippen molar-refractivity contribution >= 4 is 26.0 Å². The molecule has 1 heterocycles. The lowest BCUT2D eigenvalue weighted by molar-refractivity contribution is -0.142. The summed E-state index contributed by atoms with van der Waals surface area (Å²) in [5.41, 5.74) is 0. The first-order valence-electron chi connectivity index (χ1n) is 6.22. The molecule has 1 saturated heterocycles. The topological polar surface area (TPSA) is 121 Å². The first kappa shape index (κ1) is 17.3. The Hall–Kier alpha value is -0.710. The van der Waals surface area contributed by atoms with Crippen LogP contribution in [-0.2, 0) is 24.8 Å². The van der Waals surface area contributed by atoms with Gasteiger partial charge in [-0.1, -0.05) is 0 Å². The minimum atomic E-state index is -4.01. The largest absolute Gasteiger partial charge is 0.480 e. The van der Waals surface area contributed by atoms with Crippen molar-refractivity contribution in [2.75, 3.05) is 18.6 Å². The molecular formula is C10H20N2O6S2. The molecule has 1 rings (SSSR count). The van der Waals surface area contributed by atoms with Gasteiger partial charge in [-0.25, -0.2) is 8.42 Å². The van der Waals surface area contributed by atoms with Crippen LogP contribution in [0.1, 0.15) is 26.2 Å². The van der Waals surface area contributed by atoms with Crippen LogP contribution in [0.15, 0.2) is 0 Å². The van der Waals surface area contributed by atoms with Crippen molar-refractivity contribution < 1.29 is 26.7 Å². The Labute approximate surface area is 119 Å². The summed E-state index contributed by atoms with van der Waals surface area (Å²) < 4.78 is 49.7. The molecule has 1 fully saturated rings. The number of nitrogens with one attached hydrogen (secondary N) is 1. The second-order valence-electron chi connectivity index (χ2n) is 5.08. The molecule has 0 amide bonds. The molecule has 0 spiro atoms. The third kappa shape index (κ3) is 5.00. The van der Waals surface area contributed by atoms with E-state index in [0.717, 1.165) is 10.6 Å². The molecule has 2 N–H and O–H groups in total. The highest BCUT2D eigenvalue weighted by Crippen LogP contribution is 2.20. The normalized spacial score (nSPS) is 23.4. The summed E-state index contributed by atoms with van der Waals surface area (Å²) in [5, 5.41) is 9.06. The van der Waals surface area contributed by atoms with Crippen LogP contribution < -0.4 is 4.72 Å². The molecule has 1 aliphatic heterocycles. The van der Waals surface area contributed by atoms with Crippen molar-refractivity contribution in [1.29, 1.82) is 0 Å². The van der Waals surface area contributed by atoms with Crippen LogP contribution >= 0.6 is 0 Å². The summed E-state index contributed by atoms with van der Waals surface area (Å²) >= 11 is 0. The van der Waals surface area contributed by atoms with Crippen molar-refractivity contribution in [3.05, 3.63) is 0 Å². The van der Waals surface area contributed by atoms with Crippen LogP contribution in [0.4, 0.5) is 0 Å². The zero-order chi connectivity index (χ0) is 15.6. The third-order valence-electron chi connectivity index (χ3n) is 2.95. The summed E-state index contributed by atoms with van der Waals surface area (Å²) in [6.45, 7) is 1.55. The van der Waals surface area contributed by atoms with Gasteiger partial charge in [0.25, 0.3) is 10.2 Å². The molecule has 0 saturated carbocycles. The Morgan fingerprint density at radius 2 is 1.95 bits per heavy atom. The van der Waals surface area contributed by atoms with E-state index in [0.29, 0.717) is 12.8 Å². The van der Waals surface area contributed by atoms with Gasteiger partial charge in [0, 0.05) is 18.8 Å². The van der Waals surface area contributed by atoms with Crippen molar-refractivity contribution in [2.45, 2.75) is 38.3 Å². The number of hydrogen-bond acceptors (Lipinski definition) is 5. The van der Waals surface area contributed by atoms with E-state index < -0.39 is 38.1 Å². The average molecular weight is 328 g/mol. The predicted octanol–water partition coefficient (Wildman–Crippen LogP) is -0.807. The number of carbonyl (C=O) groups is 1. The molecule has 20 heavy (non-hydrogen) atoms. The summed E-state index contributed by atoms with van der Waals surface area (Å²) in [6.07, 6.45) is 2.52. The van der Waals surface area contributed by atoms with Crippen LogP contribution in [0.5, 0.6) is 0 Å². The fourth-order valence-electron chi connectivity index (χ4n) is 2.25. The van der Waals surface area contributed by atoms with Gasteiger partial charge in [-0.15, -0.1) is 0 Å². The molecule has 0 aromatic heterocycles. The van der Waals surface area contributed by atoms with Crippen molar-refractivity contribution in [3.63, 3.8) is 0 Å². The molecule has 118 valence electrons. The Kier molecular flexibility index (Phi) is 5.53. The van der Waals surface area contributed by atoms with E-state index in [9.17, 15) is 21.6 Å². The predicted molar refractivity (Wildman–Crippen MR) is 73.2 cm³/mol. The van der Waals surface area contributed by atoms with E-state index in [1.165, 1.54) is 6.92 Å². The lowest BCUT2D eigenvalue weighted by Gasteiger charge is -2.32. The molecular weight excluding hydrogens is 308 g/mol. The second kappa shape index (κ2) is 6.37. The fraction of sp³-hybridized carbons (Fsp3) is 0.900. The number of rotatable bonds is 6. The Morgan fingerprint density at radius 3 is 2.45 bits per heavy atom. The minimum absolute atomic E-state index is 0.123. The Balaban J connectivity index is 2.83. The van der Waals surface area contributed by atoms with Crippen LogP contribution in [0, 0.1) is 0 Å². The molecule has 0 aromatic rings.